The number of hydrogen-bond acceptors (Lipinski definition) is 4. The maximum absolute atomic E-state index is 13.6. The second-order valence-electron chi connectivity index (χ2n) is 6.30. The number of carbonyl (C=O) groups is 2. The van der Waals surface area contributed by atoms with Gasteiger partial charge < -0.3 is 5.32 Å². The van der Waals surface area contributed by atoms with Crippen LogP contribution < -0.4 is 10.2 Å². The molecule has 0 aromatic heterocycles. The Morgan fingerprint density at radius 1 is 0.867 bits per heavy atom. The van der Waals surface area contributed by atoms with Gasteiger partial charge in [0.05, 0.1) is 10.7 Å². The standard InChI is InChI=1S/C22H13Cl2FN2O2S/c23-13-6-9-16(10-7-13)30-20-19(26-14-4-2-1-3-5-14)21(28)27(22(20)29)15-8-11-18(25)17(24)12-15/h1-12,26H. The molecule has 150 valence electrons. The molecule has 0 aliphatic carbocycles. The van der Waals surface area contributed by atoms with Crippen LogP contribution in [0.5, 0.6) is 0 Å². The van der Waals surface area contributed by atoms with Crippen molar-refractivity contribution in [1.82, 2.24) is 0 Å². The highest BCUT2D eigenvalue weighted by Crippen LogP contribution is 2.38. The monoisotopic (exact) mass is 458 g/mol. The zero-order chi connectivity index (χ0) is 21.3. The van der Waals surface area contributed by atoms with Gasteiger partial charge in [-0.2, -0.15) is 0 Å². The third kappa shape index (κ3) is 4.07. The number of carbonyl (C=O) groups excluding carboxylic acids is 2. The van der Waals surface area contributed by atoms with E-state index in [1.165, 1.54) is 12.1 Å². The molecule has 0 saturated carbocycles. The molecule has 1 aliphatic heterocycles. The first-order valence-corrected chi connectivity index (χ1v) is 10.3. The largest absolute Gasteiger partial charge is 0.350 e. The lowest BCUT2D eigenvalue weighted by Crippen LogP contribution is -2.32. The van der Waals surface area contributed by atoms with Gasteiger partial charge in [-0.25, -0.2) is 9.29 Å². The fraction of sp³-hybridized carbons (Fsp3) is 0. The SMILES string of the molecule is O=C1C(Nc2ccccc2)=C(Sc2ccc(Cl)cc2)C(=O)N1c1ccc(F)c(Cl)c1. The van der Waals surface area contributed by atoms with E-state index in [0.29, 0.717) is 10.7 Å². The van der Waals surface area contributed by atoms with Gasteiger partial charge in [-0.05, 0) is 54.6 Å². The Labute approximate surface area is 186 Å². The highest BCUT2D eigenvalue weighted by molar-refractivity contribution is 8.04. The molecule has 0 spiro atoms. The molecule has 30 heavy (non-hydrogen) atoms. The van der Waals surface area contributed by atoms with Gasteiger partial charge in [0.25, 0.3) is 11.8 Å². The van der Waals surface area contributed by atoms with E-state index in [1.807, 2.05) is 18.2 Å². The normalized spacial score (nSPS) is 13.9. The van der Waals surface area contributed by atoms with E-state index in [0.717, 1.165) is 27.6 Å². The topological polar surface area (TPSA) is 49.4 Å². The van der Waals surface area contributed by atoms with Crippen molar-refractivity contribution in [2.45, 2.75) is 4.90 Å². The van der Waals surface area contributed by atoms with Gasteiger partial charge >= 0.3 is 0 Å². The van der Waals surface area contributed by atoms with Crippen LogP contribution in [0.25, 0.3) is 0 Å². The Kier molecular flexibility index (Phi) is 5.81. The Bertz CT molecular complexity index is 1170. The number of hydrogen-bond donors (Lipinski definition) is 1. The Morgan fingerprint density at radius 3 is 2.23 bits per heavy atom. The summed E-state index contributed by atoms with van der Waals surface area (Å²) >= 11 is 12.9. The first-order valence-electron chi connectivity index (χ1n) is 8.77. The van der Waals surface area contributed by atoms with Crippen molar-refractivity contribution < 1.29 is 14.0 Å². The fourth-order valence-electron chi connectivity index (χ4n) is 2.86. The van der Waals surface area contributed by atoms with Crippen molar-refractivity contribution >= 4 is 58.2 Å². The number of benzene rings is 3. The molecule has 1 N–H and O–H groups in total. The number of nitrogens with zero attached hydrogens (tertiary/aromatic N) is 1. The molecule has 0 atom stereocenters. The number of imide groups is 1. The summed E-state index contributed by atoms with van der Waals surface area (Å²) in [6, 6.07) is 19.7. The quantitative estimate of drug-likeness (QED) is 0.467. The molecule has 1 aliphatic rings. The van der Waals surface area contributed by atoms with E-state index >= 15 is 0 Å². The first-order chi connectivity index (χ1) is 14.4. The van der Waals surface area contributed by atoms with E-state index in [9.17, 15) is 14.0 Å². The smallest absolute Gasteiger partial charge is 0.283 e. The van der Waals surface area contributed by atoms with Crippen LogP contribution >= 0.6 is 35.0 Å². The molecule has 1 heterocycles. The Hall–Kier alpha value is -2.80. The summed E-state index contributed by atoms with van der Waals surface area (Å²) in [6.07, 6.45) is 0. The van der Waals surface area contributed by atoms with Crippen LogP contribution in [0.1, 0.15) is 0 Å². The average Bonchev–Trinajstić information content (AvgIpc) is 2.96. The minimum Gasteiger partial charge on any atom is -0.350 e. The minimum atomic E-state index is -0.633. The van der Waals surface area contributed by atoms with E-state index in [2.05, 4.69) is 5.32 Å². The zero-order valence-electron chi connectivity index (χ0n) is 15.2. The van der Waals surface area contributed by atoms with E-state index in [1.54, 1.807) is 36.4 Å². The number of nitrogens with one attached hydrogen (secondary N) is 1. The van der Waals surface area contributed by atoms with Crippen molar-refractivity contribution in [1.29, 1.82) is 0 Å². The van der Waals surface area contributed by atoms with E-state index in [-0.39, 0.29) is 21.3 Å². The van der Waals surface area contributed by atoms with Crippen molar-refractivity contribution in [3.63, 3.8) is 0 Å². The molecule has 3 aromatic carbocycles. The minimum absolute atomic E-state index is 0.131. The van der Waals surface area contributed by atoms with Crippen molar-refractivity contribution in [3.8, 4) is 0 Å². The van der Waals surface area contributed by atoms with Gasteiger partial charge in [-0.3, -0.25) is 9.59 Å². The summed E-state index contributed by atoms with van der Waals surface area (Å²) in [5.41, 5.74) is 0.976. The van der Waals surface area contributed by atoms with Crippen LogP contribution in [-0.2, 0) is 9.59 Å². The second kappa shape index (κ2) is 8.52. The van der Waals surface area contributed by atoms with Gasteiger partial charge in [-0.15, -0.1) is 0 Å². The zero-order valence-corrected chi connectivity index (χ0v) is 17.6. The number of thioether (sulfide) groups is 1. The molecule has 0 saturated heterocycles. The van der Waals surface area contributed by atoms with Gasteiger partial charge in [0.15, 0.2) is 0 Å². The van der Waals surface area contributed by atoms with Crippen molar-refractivity contribution in [3.05, 3.63) is 99.3 Å². The maximum Gasteiger partial charge on any atom is 0.283 e. The summed E-state index contributed by atoms with van der Waals surface area (Å²) < 4.78 is 13.6. The van der Waals surface area contributed by atoms with Gasteiger partial charge in [0, 0.05) is 15.6 Å². The molecule has 2 amide bonds. The third-order valence-corrected chi connectivity index (χ3v) is 5.91. The van der Waals surface area contributed by atoms with Crippen molar-refractivity contribution in [2.24, 2.45) is 0 Å². The average molecular weight is 459 g/mol. The molecule has 0 radical (unpaired) electrons. The van der Waals surface area contributed by atoms with E-state index in [4.69, 9.17) is 23.2 Å². The molecule has 4 rings (SSSR count). The van der Waals surface area contributed by atoms with Crippen molar-refractivity contribution in [2.75, 3.05) is 10.2 Å². The molecule has 0 fully saturated rings. The molecule has 0 unspecified atom stereocenters. The predicted octanol–water partition coefficient (Wildman–Crippen LogP) is 6.12. The summed E-state index contributed by atoms with van der Waals surface area (Å²) in [7, 11) is 0. The number of anilines is 2. The van der Waals surface area contributed by atoms with Crippen LogP contribution in [0.15, 0.2) is 88.3 Å². The fourth-order valence-corrected chi connectivity index (χ4v) is 4.09. The van der Waals surface area contributed by atoms with E-state index < -0.39 is 17.6 Å². The predicted molar refractivity (Wildman–Crippen MR) is 118 cm³/mol. The van der Waals surface area contributed by atoms with Crippen LogP contribution in [0, 0.1) is 5.82 Å². The Balaban J connectivity index is 1.75. The van der Waals surface area contributed by atoms with Gasteiger partial charge in [-0.1, -0.05) is 53.2 Å². The first kappa shape index (κ1) is 20.5. The van der Waals surface area contributed by atoms with Crippen LogP contribution in [-0.4, -0.2) is 11.8 Å². The molecule has 0 bridgehead atoms. The lowest BCUT2D eigenvalue weighted by Gasteiger charge is -2.15. The number of halogens is 3. The molecule has 8 heteroatoms. The maximum atomic E-state index is 13.6. The summed E-state index contributed by atoms with van der Waals surface area (Å²) in [6.45, 7) is 0. The number of amides is 2. The van der Waals surface area contributed by atoms with Crippen LogP contribution in [0.2, 0.25) is 10.0 Å². The summed E-state index contributed by atoms with van der Waals surface area (Å²) in [4.78, 5) is 28.3. The molecular weight excluding hydrogens is 446 g/mol. The molecule has 3 aromatic rings. The lowest BCUT2D eigenvalue weighted by molar-refractivity contribution is -0.120. The highest BCUT2D eigenvalue weighted by Gasteiger charge is 2.40. The van der Waals surface area contributed by atoms with Crippen LogP contribution in [0.3, 0.4) is 0 Å². The van der Waals surface area contributed by atoms with Crippen LogP contribution in [0.4, 0.5) is 15.8 Å². The highest BCUT2D eigenvalue weighted by atomic mass is 35.5. The van der Waals surface area contributed by atoms with Gasteiger partial charge in [0.1, 0.15) is 16.4 Å². The third-order valence-electron chi connectivity index (χ3n) is 4.28. The second-order valence-corrected chi connectivity index (χ2v) is 8.22. The Morgan fingerprint density at radius 2 is 1.57 bits per heavy atom. The molecular formula is C22H13Cl2FN2O2S. The summed E-state index contributed by atoms with van der Waals surface area (Å²) in [5, 5.41) is 3.43. The number of para-hydroxylation sites is 1. The lowest BCUT2D eigenvalue weighted by atomic mass is 10.2. The number of rotatable bonds is 5. The van der Waals surface area contributed by atoms with Gasteiger partial charge in [0.2, 0.25) is 0 Å². The summed E-state index contributed by atoms with van der Waals surface area (Å²) in [5.74, 6) is -1.71. The molecule has 4 nitrogen and oxygen atoms in total.